The molecule has 0 aromatic heterocycles. The van der Waals surface area contributed by atoms with Gasteiger partial charge in [0.25, 0.3) is 0 Å². The van der Waals surface area contributed by atoms with Gasteiger partial charge in [-0.1, -0.05) is 45.0 Å². The van der Waals surface area contributed by atoms with Crippen molar-refractivity contribution < 1.29 is 9.53 Å². The van der Waals surface area contributed by atoms with Crippen LogP contribution < -0.4 is 15.4 Å². The van der Waals surface area contributed by atoms with Gasteiger partial charge in [-0.15, -0.1) is 0 Å². The van der Waals surface area contributed by atoms with Crippen LogP contribution in [-0.2, 0) is 6.42 Å². The number of aryl methyl sites for hydroxylation is 1. The zero-order valence-electron chi connectivity index (χ0n) is 14.6. The number of nitrogens with one attached hydrogen (secondary N) is 2. The van der Waals surface area contributed by atoms with Gasteiger partial charge in [-0.05, 0) is 47.7 Å². The molecule has 0 aliphatic carbocycles. The summed E-state index contributed by atoms with van der Waals surface area (Å²) in [6.07, 6.45) is 0.988. The average Bonchev–Trinajstić information content (AvgIpc) is 2.60. The lowest BCUT2D eigenvalue weighted by atomic mass is 10.0. The summed E-state index contributed by atoms with van der Waals surface area (Å²) in [4.78, 5) is 11.8. The number of benzene rings is 2. The highest BCUT2D eigenvalue weighted by Gasteiger charge is 2.02. The molecule has 0 aliphatic heterocycles. The van der Waals surface area contributed by atoms with E-state index in [0.29, 0.717) is 19.1 Å². The number of amides is 2. The highest BCUT2D eigenvalue weighted by Crippen LogP contribution is 2.18. The lowest BCUT2D eigenvalue weighted by Gasteiger charge is -2.10. The van der Waals surface area contributed by atoms with Crippen LogP contribution in [-0.4, -0.2) is 19.2 Å². The van der Waals surface area contributed by atoms with Crippen LogP contribution >= 0.6 is 0 Å². The molecule has 0 fully saturated rings. The Morgan fingerprint density at radius 2 is 1.71 bits per heavy atom. The largest absolute Gasteiger partial charge is 0.492 e. The van der Waals surface area contributed by atoms with Crippen molar-refractivity contribution in [3.63, 3.8) is 0 Å². The van der Waals surface area contributed by atoms with Crippen LogP contribution in [0, 0.1) is 0 Å². The molecule has 128 valence electrons. The number of carbonyl (C=O) groups excluding carboxylic acids is 1. The number of urea groups is 1. The number of hydrogen-bond acceptors (Lipinski definition) is 2. The summed E-state index contributed by atoms with van der Waals surface area (Å²) >= 11 is 0. The standard InChI is InChI=1S/C20H26N2O2/c1-4-16-5-9-18(10-6-16)22-20(23)21-13-14-24-19-11-7-17(8-12-19)15(2)3/h5-12,15H,4,13-14H2,1-3H3,(H2,21,22,23). The number of carbonyl (C=O) groups is 1. The lowest BCUT2D eigenvalue weighted by molar-refractivity contribution is 0.247. The van der Waals surface area contributed by atoms with Gasteiger partial charge in [0, 0.05) is 5.69 Å². The van der Waals surface area contributed by atoms with Gasteiger partial charge >= 0.3 is 6.03 Å². The summed E-state index contributed by atoms with van der Waals surface area (Å²) < 4.78 is 5.63. The normalized spacial score (nSPS) is 10.5. The van der Waals surface area contributed by atoms with E-state index >= 15 is 0 Å². The van der Waals surface area contributed by atoms with Crippen LogP contribution in [0.2, 0.25) is 0 Å². The van der Waals surface area contributed by atoms with E-state index in [9.17, 15) is 4.79 Å². The van der Waals surface area contributed by atoms with Crippen LogP contribution in [0.5, 0.6) is 5.75 Å². The maximum Gasteiger partial charge on any atom is 0.319 e. The second-order valence-corrected chi connectivity index (χ2v) is 6.00. The fraction of sp³-hybridized carbons (Fsp3) is 0.350. The first-order valence-corrected chi connectivity index (χ1v) is 8.45. The third-order valence-electron chi connectivity index (χ3n) is 3.82. The quantitative estimate of drug-likeness (QED) is 0.732. The Labute approximate surface area is 144 Å². The molecule has 2 amide bonds. The van der Waals surface area contributed by atoms with E-state index in [1.54, 1.807) is 0 Å². The minimum absolute atomic E-state index is 0.224. The van der Waals surface area contributed by atoms with Crippen molar-refractivity contribution >= 4 is 11.7 Å². The minimum Gasteiger partial charge on any atom is -0.492 e. The summed E-state index contributed by atoms with van der Waals surface area (Å²) in [5, 5.41) is 5.59. The molecule has 0 unspecified atom stereocenters. The summed E-state index contributed by atoms with van der Waals surface area (Å²) in [6.45, 7) is 7.31. The molecule has 0 saturated carbocycles. The summed E-state index contributed by atoms with van der Waals surface area (Å²) in [6, 6.07) is 15.7. The molecule has 24 heavy (non-hydrogen) atoms. The first kappa shape index (κ1) is 17.9. The van der Waals surface area contributed by atoms with E-state index in [4.69, 9.17) is 4.74 Å². The molecule has 2 rings (SSSR count). The fourth-order valence-corrected chi connectivity index (χ4v) is 2.28. The summed E-state index contributed by atoms with van der Waals surface area (Å²) in [5.41, 5.74) is 3.32. The van der Waals surface area contributed by atoms with Crippen molar-refractivity contribution in [2.75, 3.05) is 18.5 Å². The Hall–Kier alpha value is -2.49. The van der Waals surface area contributed by atoms with Crippen molar-refractivity contribution in [3.05, 3.63) is 59.7 Å². The molecule has 0 aliphatic rings. The second kappa shape index (κ2) is 8.96. The van der Waals surface area contributed by atoms with Gasteiger partial charge in [0.05, 0.1) is 6.54 Å². The van der Waals surface area contributed by atoms with Gasteiger partial charge in [-0.2, -0.15) is 0 Å². The molecule has 0 heterocycles. The molecule has 2 aromatic carbocycles. The van der Waals surface area contributed by atoms with E-state index in [1.807, 2.05) is 36.4 Å². The van der Waals surface area contributed by atoms with Crippen LogP contribution in [0.25, 0.3) is 0 Å². The Balaban J connectivity index is 1.68. The van der Waals surface area contributed by atoms with Gasteiger partial charge in [0.15, 0.2) is 0 Å². The van der Waals surface area contributed by atoms with Crippen LogP contribution in [0.4, 0.5) is 10.5 Å². The topological polar surface area (TPSA) is 50.4 Å². The fourth-order valence-electron chi connectivity index (χ4n) is 2.28. The minimum atomic E-state index is -0.224. The molecule has 0 saturated heterocycles. The molecule has 2 aromatic rings. The summed E-state index contributed by atoms with van der Waals surface area (Å²) in [5.74, 6) is 1.33. The van der Waals surface area contributed by atoms with Gasteiger partial charge in [0.2, 0.25) is 0 Å². The van der Waals surface area contributed by atoms with Gasteiger partial charge < -0.3 is 15.4 Å². The number of ether oxygens (including phenoxy) is 1. The SMILES string of the molecule is CCc1ccc(NC(=O)NCCOc2ccc(C(C)C)cc2)cc1. The number of anilines is 1. The number of rotatable bonds is 7. The molecule has 4 nitrogen and oxygen atoms in total. The molecular formula is C20H26N2O2. The van der Waals surface area contributed by atoms with Gasteiger partial charge in [-0.3, -0.25) is 0 Å². The predicted molar refractivity (Wildman–Crippen MR) is 98.9 cm³/mol. The van der Waals surface area contributed by atoms with Crippen LogP contribution in [0.3, 0.4) is 0 Å². The first-order chi connectivity index (χ1) is 11.6. The lowest BCUT2D eigenvalue weighted by Crippen LogP contribution is -2.32. The zero-order chi connectivity index (χ0) is 17.4. The molecule has 2 N–H and O–H groups in total. The Morgan fingerprint density at radius 3 is 2.29 bits per heavy atom. The highest BCUT2D eigenvalue weighted by molar-refractivity contribution is 5.89. The van der Waals surface area contributed by atoms with Crippen molar-refractivity contribution in [1.29, 1.82) is 0 Å². The van der Waals surface area contributed by atoms with E-state index in [0.717, 1.165) is 17.9 Å². The Morgan fingerprint density at radius 1 is 1.04 bits per heavy atom. The third kappa shape index (κ3) is 5.61. The predicted octanol–water partition coefficient (Wildman–Crippen LogP) is 4.57. The third-order valence-corrected chi connectivity index (χ3v) is 3.82. The highest BCUT2D eigenvalue weighted by atomic mass is 16.5. The van der Waals surface area contributed by atoms with Crippen LogP contribution in [0.15, 0.2) is 48.5 Å². The van der Waals surface area contributed by atoms with Crippen LogP contribution in [0.1, 0.15) is 37.8 Å². The van der Waals surface area contributed by atoms with E-state index in [2.05, 4.69) is 43.5 Å². The summed E-state index contributed by atoms with van der Waals surface area (Å²) in [7, 11) is 0. The Bertz CT molecular complexity index is 634. The van der Waals surface area contributed by atoms with Crippen molar-refractivity contribution in [1.82, 2.24) is 5.32 Å². The maximum atomic E-state index is 11.8. The molecule has 0 radical (unpaired) electrons. The van der Waals surface area contributed by atoms with E-state index in [1.165, 1.54) is 11.1 Å². The molecule has 0 spiro atoms. The average molecular weight is 326 g/mol. The van der Waals surface area contributed by atoms with Crippen molar-refractivity contribution in [3.8, 4) is 5.75 Å². The molecule has 0 atom stereocenters. The number of hydrogen-bond donors (Lipinski definition) is 2. The smallest absolute Gasteiger partial charge is 0.319 e. The second-order valence-electron chi connectivity index (χ2n) is 6.00. The zero-order valence-corrected chi connectivity index (χ0v) is 14.6. The van der Waals surface area contributed by atoms with Gasteiger partial charge in [-0.25, -0.2) is 4.79 Å². The first-order valence-electron chi connectivity index (χ1n) is 8.45. The van der Waals surface area contributed by atoms with Crippen molar-refractivity contribution in [2.24, 2.45) is 0 Å². The maximum absolute atomic E-state index is 11.8. The Kier molecular flexibility index (Phi) is 6.67. The molecule has 4 heteroatoms. The van der Waals surface area contributed by atoms with E-state index in [-0.39, 0.29) is 6.03 Å². The monoisotopic (exact) mass is 326 g/mol. The molecule has 0 bridgehead atoms. The molecular weight excluding hydrogens is 300 g/mol. The van der Waals surface area contributed by atoms with E-state index < -0.39 is 0 Å². The van der Waals surface area contributed by atoms with Crippen molar-refractivity contribution in [2.45, 2.75) is 33.1 Å². The van der Waals surface area contributed by atoms with Gasteiger partial charge in [0.1, 0.15) is 12.4 Å².